The van der Waals surface area contributed by atoms with E-state index in [9.17, 15) is 4.79 Å². The highest BCUT2D eigenvalue weighted by Gasteiger charge is 2.46. The Morgan fingerprint density at radius 3 is 2.84 bits per heavy atom. The molecule has 0 aromatic heterocycles. The van der Waals surface area contributed by atoms with E-state index >= 15 is 0 Å². The lowest BCUT2D eigenvalue weighted by Gasteiger charge is -2.34. The molecule has 3 N–H and O–H groups in total. The summed E-state index contributed by atoms with van der Waals surface area (Å²) in [6.07, 6.45) is 6.29. The van der Waals surface area contributed by atoms with E-state index in [0.29, 0.717) is 12.0 Å². The molecule has 4 nitrogen and oxygen atoms in total. The molecule has 0 aromatic rings. The van der Waals surface area contributed by atoms with Crippen molar-refractivity contribution in [2.45, 2.75) is 70.9 Å². The van der Waals surface area contributed by atoms with Gasteiger partial charge in [0.2, 0.25) is 5.91 Å². The number of nitrogens with one attached hydrogen (secondary N) is 1. The molecule has 0 bridgehead atoms. The Morgan fingerprint density at radius 1 is 1.53 bits per heavy atom. The van der Waals surface area contributed by atoms with Crippen LogP contribution in [-0.4, -0.2) is 30.7 Å². The number of ether oxygens (including phenoxy) is 1. The minimum absolute atomic E-state index is 0.188. The Hall–Kier alpha value is -0.610. The third kappa shape index (κ3) is 4.18. The summed E-state index contributed by atoms with van der Waals surface area (Å²) in [5, 5.41) is 3.42. The SMILES string of the molecule is CCCNC1(C(N)=O)CCCC1CCOC(C)CC. The monoisotopic (exact) mass is 270 g/mol. The molecule has 112 valence electrons. The Bertz CT molecular complexity index is 283. The van der Waals surface area contributed by atoms with Crippen molar-refractivity contribution < 1.29 is 9.53 Å². The fraction of sp³-hybridized carbons (Fsp3) is 0.933. The van der Waals surface area contributed by atoms with E-state index in [2.05, 4.69) is 26.1 Å². The van der Waals surface area contributed by atoms with Gasteiger partial charge in [0, 0.05) is 6.61 Å². The summed E-state index contributed by atoms with van der Waals surface area (Å²) in [7, 11) is 0. The molecule has 3 atom stereocenters. The topological polar surface area (TPSA) is 64.3 Å². The molecule has 1 saturated carbocycles. The molecule has 0 aliphatic heterocycles. The highest BCUT2D eigenvalue weighted by Crippen LogP contribution is 2.38. The van der Waals surface area contributed by atoms with Crippen molar-refractivity contribution in [3.63, 3.8) is 0 Å². The number of amides is 1. The van der Waals surface area contributed by atoms with Gasteiger partial charge in [-0.15, -0.1) is 0 Å². The van der Waals surface area contributed by atoms with Crippen LogP contribution >= 0.6 is 0 Å². The molecule has 1 aliphatic rings. The van der Waals surface area contributed by atoms with E-state index in [-0.39, 0.29) is 5.91 Å². The van der Waals surface area contributed by atoms with Crippen LogP contribution in [0.15, 0.2) is 0 Å². The maximum absolute atomic E-state index is 11.9. The molecule has 1 rings (SSSR count). The fourth-order valence-corrected chi connectivity index (χ4v) is 2.99. The first kappa shape index (κ1) is 16.4. The van der Waals surface area contributed by atoms with Crippen molar-refractivity contribution in [3.8, 4) is 0 Å². The third-order valence-corrected chi connectivity index (χ3v) is 4.39. The van der Waals surface area contributed by atoms with Gasteiger partial charge in [-0.2, -0.15) is 0 Å². The molecule has 1 amide bonds. The number of rotatable bonds is 9. The molecular formula is C15H30N2O2. The highest BCUT2D eigenvalue weighted by atomic mass is 16.5. The van der Waals surface area contributed by atoms with Gasteiger partial charge in [0.25, 0.3) is 0 Å². The smallest absolute Gasteiger partial charge is 0.238 e. The standard InChI is InChI=1S/C15H30N2O2/c1-4-10-17-15(14(16)18)9-6-7-13(15)8-11-19-12(3)5-2/h12-13,17H,4-11H2,1-3H3,(H2,16,18). The number of primary amides is 1. The van der Waals surface area contributed by atoms with Gasteiger partial charge >= 0.3 is 0 Å². The van der Waals surface area contributed by atoms with E-state index in [1.807, 2.05) is 0 Å². The third-order valence-electron chi connectivity index (χ3n) is 4.39. The molecule has 1 fully saturated rings. The van der Waals surface area contributed by atoms with Gasteiger partial charge in [-0.05, 0) is 51.5 Å². The van der Waals surface area contributed by atoms with Gasteiger partial charge in [-0.1, -0.05) is 20.3 Å². The van der Waals surface area contributed by atoms with Crippen LogP contribution in [0.2, 0.25) is 0 Å². The first-order valence-electron chi connectivity index (χ1n) is 7.73. The van der Waals surface area contributed by atoms with E-state index < -0.39 is 5.54 Å². The lowest BCUT2D eigenvalue weighted by Crippen LogP contribution is -2.58. The van der Waals surface area contributed by atoms with Gasteiger partial charge in [0.1, 0.15) is 5.54 Å². The first-order valence-corrected chi connectivity index (χ1v) is 7.73. The summed E-state index contributed by atoms with van der Waals surface area (Å²) in [4.78, 5) is 11.9. The Labute approximate surface area is 117 Å². The quantitative estimate of drug-likeness (QED) is 0.675. The number of carbonyl (C=O) groups is 1. The van der Waals surface area contributed by atoms with Gasteiger partial charge in [0.15, 0.2) is 0 Å². The molecule has 0 saturated heterocycles. The number of nitrogens with two attached hydrogens (primary N) is 1. The fourth-order valence-electron chi connectivity index (χ4n) is 2.99. The zero-order valence-corrected chi connectivity index (χ0v) is 12.7. The molecule has 0 spiro atoms. The Kier molecular flexibility index (Phi) is 6.80. The summed E-state index contributed by atoms with van der Waals surface area (Å²) in [6.45, 7) is 7.90. The minimum Gasteiger partial charge on any atom is -0.379 e. The van der Waals surface area contributed by atoms with E-state index in [4.69, 9.17) is 10.5 Å². The summed E-state index contributed by atoms with van der Waals surface area (Å²) in [5.41, 5.74) is 5.19. The van der Waals surface area contributed by atoms with Gasteiger partial charge in [0.05, 0.1) is 6.10 Å². The van der Waals surface area contributed by atoms with Crippen molar-refractivity contribution in [3.05, 3.63) is 0 Å². The second-order valence-electron chi connectivity index (χ2n) is 5.73. The average molecular weight is 270 g/mol. The zero-order valence-electron chi connectivity index (χ0n) is 12.7. The maximum atomic E-state index is 11.9. The first-order chi connectivity index (χ1) is 9.06. The summed E-state index contributed by atoms with van der Waals surface area (Å²) in [5.74, 6) is 0.132. The average Bonchev–Trinajstić information content (AvgIpc) is 2.80. The Morgan fingerprint density at radius 2 is 2.26 bits per heavy atom. The largest absolute Gasteiger partial charge is 0.379 e. The highest BCUT2D eigenvalue weighted by molar-refractivity contribution is 5.85. The predicted octanol–water partition coefficient (Wildman–Crippen LogP) is 2.22. The van der Waals surface area contributed by atoms with E-state index in [1.54, 1.807) is 0 Å². The van der Waals surface area contributed by atoms with Crippen LogP contribution in [0.4, 0.5) is 0 Å². The normalized spacial score (nSPS) is 28.5. The zero-order chi connectivity index (χ0) is 14.3. The van der Waals surface area contributed by atoms with Crippen molar-refractivity contribution in [1.82, 2.24) is 5.32 Å². The van der Waals surface area contributed by atoms with Crippen LogP contribution in [-0.2, 0) is 9.53 Å². The molecular weight excluding hydrogens is 240 g/mol. The van der Waals surface area contributed by atoms with E-state index in [0.717, 1.165) is 51.7 Å². The van der Waals surface area contributed by atoms with E-state index in [1.165, 1.54) is 0 Å². The predicted molar refractivity (Wildman–Crippen MR) is 77.9 cm³/mol. The van der Waals surface area contributed by atoms with Crippen LogP contribution < -0.4 is 11.1 Å². The number of carbonyl (C=O) groups excluding carboxylic acids is 1. The molecule has 3 unspecified atom stereocenters. The van der Waals surface area contributed by atoms with Gasteiger partial charge in [-0.3, -0.25) is 4.79 Å². The van der Waals surface area contributed by atoms with Crippen LogP contribution in [0.5, 0.6) is 0 Å². The molecule has 1 aliphatic carbocycles. The van der Waals surface area contributed by atoms with Crippen molar-refractivity contribution >= 4 is 5.91 Å². The van der Waals surface area contributed by atoms with Gasteiger partial charge in [-0.25, -0.2) is 0 Å². The molecule has 0 heterocycles. The molecule has 4 heteroatoms. The van der Waals surface area contributed by atoms with Crippen molar-refractivity contribution in [2.75, 3.05) is 13.2 Å². The molecule has 0 radical (unpaired) electrons. The second-order valence-corrected chi connectivity index (χ2v) is 5.73. The molecule has 19 heavy (non-hydrogen) atoms. The van der Waals surface area contributed by atoms with Gasteiger partial charge < -0.3 is 15.8 Å². The van der Waals surface area contributed by atoms with Crippen molar-refractivity contribution in [1.29, 1.82) is 0 Å². The lowest BCUT2D eigenvalue weighted by molar-refractivity contribution is -0.126. The summed E-state index contributed by atoms with van der Waals surface area (Å²) >= 11 is 0. The summed E-state index contributed by atoms with van der Waals surface area (Å²) in [6, 6.07) is 0. The minimum atomic E-state index is -0.491. The number of hydrogen-bond acceptors (Lipinski definition) is 3. The Balaban J connectivity index is 2.56. The summed E-state index contributed by atoms with van der Waals surface area (Å²) < 4.78 is 5.75. The number of hydrogen-bond donors (Lipinski definition) is 2. The second kappa shape index (κ2) is 7.85. The van der Waals surface area contributed by atoms with Crippen LogP contribution in [0.3, 0.4) is 0 Å². The maximum Gasteiger partial charge on any atom is 0.238 e. The lowest BCUT2D eigenvalue weighted by atomic mass is 9.84. The molecule has 0 aromatic carbocycles. The van der Waals surface area contributed by atoms with Crippen LogP contribution in [0.25, 0.3) is 0 Å². The van der Waals surface area contributed by atoms with Crippen molar-refractivity contribution in [2.24, 2.45) is 11.7 Å². The van der Waals surface area contributed by atoms with Crippen LogP contribution in [0.1, 0.15) is 59.3 Å². The van der Waals surface area contributed by atoms with Crippen LogP contribution in [0, 0.1) is 5.92 Å².